The number of halogens is 1. The van der Waals surface area contributed by atoms with Crippen molar-refractivity contribution in [1.82, 2.24) is 15.1 Å². The van der Waals surface area contributed by atoms with Crippen molar-refractivity contribution in [3.8, 4) is 0 Å². The Morgan fingerprint density at radius 3 is 2.35 bits per heavy atom. The van der Waals surface area contributed by atoms with Gasteiger partial charge in [0.25, 0.3) is 0 Å². The van der Waals surface area contributed by atoms with E-state index >= 15 is 0 Å². The van der Waals surface area contributed by atoms with E-state index in [-0.39, 0.29) is 18.0 Å². The molecule has 0 aliphatic rings. The van der Waals surface area contributed by atoms with Crippen LogP contribution in [0.4, 0.5) is 0 Å². The number of aryl methyl sites for hydroxylation is 1. The number of hydrogen-bond acceptors (Lipinski definition) is 2. The molecule has 0 fully saturated rings. The summed E-state index contributed by atoms with van der Waals surface area (Å²) in [5, 5.41) is 8.21. The second-order valence-corrected chi connectivity index (χ2v) is 6.11. The maximum absolute atomic E-state index is 12.8. The van der Waals surface area contributed by atoms with Gasteiger partial charge in [-0.1, -0.05) is 55.8 Å². The second kappa shape index (κ2) is 7.64. The van der Waals surface area contributed by atoms with Crippen molar-refractivity contribution in [2.75, 3.05) is 0 Å². The summed E-state index contributed by atoms with van der Waals surface area (Å²) in [5.74, 6) is -0.0227. The Morgan fingerprint density at radius 1 is 1.22 bits per heavy atom. The molecule has 0 aliphatic carbocycles. The molecule has 0 radical (unpaired) electrons. The average molecular weight is 334 g/mol. The van der Waals surface area contributed by atoms with Gasteiger partial charge in [-0.05, 0) is 32.3 Å². The molecule has 0 saturated carbocycles. The van der Waals surface area contributed by atoms with Crippen LogP contribution in [0.15, 0.2) is 30.3 Å². The third-order valence-electron chi connectivity index (χ3n) is 4.15. The molecule has 2 rings (SSSR count). The zero-order valence-corrected chi connectivity index (χ0v) is 14.9. The minimum atomic E-state index is -0.348. The molecule has 0 aliphatic heterocycles. The lowest BCUT2D eigenvalue weighted by Crippen LogP contribution is -2.35. The van der Waals surface area contributed by atoms with Crippen LogP contribution in [0, 0.1) is 13.8 Å². The lowest BCUT2D eigenvalue weighted by Gasteiger charge is -2.22. The van der Waals surface area contributed by atoms with Gasteiger partial charge >= 0.3 is 0 Å². The summed E-state index contributed by atoms with van der Waals surface area (Å²) >= 11 is 6.22. The van der Waals surface area contributed by atoms with Crippen LogP contribution in [0.5, 0.6) is 0 Å². The van der Waals surface area contributed by atoms with Gasteiger partial charge in [-0.25, -0.2) is 0 Å². The van der Waals surface area contributed by atoms with Gasteiger partial charge in [0.1, 0.15) is 6.04 Å². The highest BCUT2D eigenvalue weighted by Crippen LogP contribution is 2.25. The van der Waals surface area contributed by atoms with Crippen LogP contribution in [-0.2, 0) is 4.79 Å². The van der Waals surface area contributed by atoms with Crippen LogP contribution in [-0.4, -0.2) is 15.7 Å². The van der Waals surface area contributed by atoms with Crippen molar-refractivity contribution in [2.45, 2.75) is 52.6 Å². The fourth-order valence-corrected chi connectivity index (χ4v) is 2.91. The van der Waals surface area contributed by atoms with E-state index in [4.69, 9.17) is 11.6 Å². The first-order chi connectivity index (χ1) is 11.0. The third-order valence-corrected chi connectivity index (χ3v) is 4.69. The lowest BCUT2D eigenvalue weighted by molar-refractivity contribution is -0.125. The Kier molecular flexibility index (Phi) is 5.83. The molecule has 1 amide bonds. The van der Waals surface area contributed by atoms with Gasteiger partial charge in [0.2, 0.25) is 5.91 Å². The van der Waals surface area contributed by atoms with Crippen LogP contribution in [0.2, 0.25) is 5.02 Å². The van der Waals surface area contributed by atoms with Gasteiger partial charge in [0.15, 0.2) is 0 Å². The molecule has 2 unspecified atom stereocenters. The van der Waals surface area contributed by atoms with Crippen molar-refractivity contribution in [1.29, 1.82) is 0 Å². The molecule has 1 N–H and O–H groups in total. The number of benzene rings is 1. The highest BCUT2D eigenvalue weighted by atomic mass is 35.5. The monoisotopic (exact) mass is 333 g/mol. The summed E-state index contributed by atoms with van der Waals surface area (Å²) in [6.45, 7) is 7.80. The van der Waals surface area contributed by atoms with Gasteiger partial charge in [-0.2, -0.15) is 5.10 Å². The van der Waals surface area contributed by atoms with Crippen LogP contribution in [0.1, 0.15) is 55.7 Å². The summed E-state index contributed by atoms with van der Waals surface area (Å²) in [7, 11) is 0. The molecular formula is C18H24ClN3O. The van der Waals surface area contributed by atoms with Gasteiger partial charge in [0, 0.05) is 0 Å². The number of nitrogens with zero attached hydrogens (tertiary/aromatic N) is 2. The molecule has 1 heterocycles. The van der Waals surface area contributed by atoms with E-state index in [1.165, 1.54) is 0 Å². The molecule has 2 aromatic rings. The maximum atomic E-state index is 12.8. The van der Waals surface area contributed by atoms with Gasteiger partial charge in [-0.15, -0.1) is 0 Å². The number of hydrogen-bond donors (Lipinski definition) is 1. The largest absolute Gasteiger partial charge is 0.347 e. The minimum absolute atomic E-state index is 0.00480. The predicted molar refractivity (Wildman–Crippen MR) is 93.7 cm³/mol. The summed E-state index contributed by atoms with van der Waals surface area (Å²) in [4.78, 5) is 12.8. The van der Waals surface area contributed by atoms with Crippen LogP contribution < -0.4 is 5.32 Å². The standard InChI is InChI=1S/C18H24ClN3O/c1-5-15(14-10-8-7-9-11-14)20-18(23)16(6-2)22-13(4)17(19)12(3)21-22/h7-11,15-16H,5-6H2,1-4H3,(H,20,23). The zero-order chi connectivity index (χ0) is 17.0. The Hall–Kier alpha value is -1.81. The number of carbonyl (C=O) groups excluding carboxylic acids is 1. The van der Waals surface area contributed by atoms with Crippen molar-refractivity contribution < 1.29 is 4.79 Å². The summed E-state index contributed by atoms with van der Waals surface area (Å²) in [6.07, 6.45) is 1.50. The van der Waals surface area contributed by atoms with E-state index in [1.54, 1.807) is 4.68 Å². The molecule has 1 aromatic heterocycles. The first-order valence-electron chi connectivity index (χ1n) is 8.06. The summed E-state index contributed by atoms with van der Waals surface area (Å²) < 4.78 is 1.74. The highest BCUT2D eigenvalue weighted by Gasteiger charge is 2.25. The topological polar surface area (TPSA) is 46.9 Å². The van der Waals surface area contributed by atoms with Crippen molar-refractivity contribution in [3.05, 3.63) is 52.3 Å². The number of carbonyl (C=O) groups is 1. The molecule has 124 valence electrons. The Morgan fingerprint density at radius 2 is 1.87 bits per heavy atom. The maximum Gasteiger partial charge on any atom is 0.245 e. The molecule has 0 spiro atoms. The zero-order valence-electron chi connectivity index (χ0n) is 14.1. The van der Waals surface area contributed by atoms with E-state index < -0.39 is 0 Å². The van der Waals surface area contributed by atoms with Gasteiger partial charge in [0.05, 0.1) is 22.5 Å². The van der Waals surface area contributed by atoms with E-state index in [2.05, 4.69) is 17.3 Å². The number of amides is 1. The number of nitrogens with one attached hydrogen (secondary N) is 1. The van der Waals surface area contributed by atoms with Gasteiger partial charge in [-0.3, -0.25) is 9.48 Å². The second-order valence-electron chi connectivity index (χ2n) is 5.73. The van der Waals surface area contributed by atoms with Crippen LogP contribution in [0.25, 0.3) is 0 Å². The fourth-order valence-electron chi connectivity index (χ4n) is 2.79. The molecule has 5 heteroatoms. The Labute approximate surface area is 142 Å². The first-order valence-corrected chi connectivity index (χ1v) is 8.43. The number of aromatic nitrogens is 2. The smallest absolute Gasteiger partial charge is 0.245 e. The Balaban J connectivity index is 2.21. The molecule has 23 heavy (non-hydrogen) atoms. The van der Waals surface area contributed by atoms with E-state index in [9.17, 15) is 4.79 Å². The van der Waals surface area contributed by atoms with E-state index in [0.29, 0.717) is 11.4 Å². The lowest BCUT2D eigenvalue weighted by atomic mass is 10.0. The van der Waals surface area contributed by atoms with Crippen LogP contribution in [0.3, 0.4) is 0 Å². The highest BCUT2D eigenvalue weighted by molar-refractivity contribution is 6.31. The fraction of sp³-hybridized carbons (Fsp3) is 0.444. The Bertz CT molecular complexity index is 666. The summed E-state index contributed by atoms with van der Waals surface area (Å²) in [5.41, 5.74) is 2.70. The van der Waals surface area contributed by atoms with E-state index in [0.717, 1.165) is 23.4 Å². The number of rotatable bonds is 6. The molecule has 0 saturated heterocycles. The van der Waals surface area contributed by atoms with E-state index in [1.807, 2.05) is 51.1 Å². The van der Waals surface area contributed by atoms with Crippen LogP contribution >= 0.6 is 11.6 Å². The minimum Gasteiger partial charge on any atom is -0.347 e. The molecular weight excluding hydrogens is 310 g/mol. The quantitative estimate of drug-likeness (QED) is 0.853. The van der Waals surface area contributed by atoms with Gasteiger partial charge < -0.3 is 5.32 Å². The van der Waals surface area contributed by atoms with Crippen molar-refractivity contribution >= 4 is 17.5 Å². The van der Waals surface area contributed by atoms with Crippen molar-refractivity contribution in [3.63, 3.8) is 0 Å². The third kappa shape index (κ3) is 3.75. The molecule has 1 aromatic carbocycles. The van der Waals surface area contributed by atoms with Crippen molar-refractivity contribution in [2.24, 2.45) is 0 Å². The normalized spacial score (nSPS) is 13.6. The summed E-state index contributed by atoms with van der Waals surface area (Å²) in [6, 6.07) is 9.68. The predicted octanol–water partition coefficient (Wildman–Crippen LogP) is 4.37. The first kappa shape index (κ1) is 17.5. The molecule has 2 atom stereocenters. The SMILES string of the molecule is CCC(NC(=O)C(CC)n1nc(C)c(Cl)c1C)c1ccccc1. The molecule has 0 bridgehead atoms. The molecule has 4 nitrogen and oxygen atoms in total. The average Bonchev–Trinajstić information content (AvgIpc) is 2.82.